The number of fused-ring (bicyclic) bond motifs is 1. The van der Waals surface area contributed by atoms with Crippen LogP contribution < -0.4 is 10.2 Å². The van der Waals surface area contributed by atoms with Crippen LogP contribution in [0, 0.1) is 0 Å². The van der Waals surface area contributed by atoms with E-state index in [1.165, 1.54) is 0 Å². The third kappa shape index (κ3) is 3.07. The molecule has 3 fully saturated rings. The lowest BCUT2D eigenvalue weighted by Gasteiger charge is -2.48. The molecule has 1 aromatic carbocycles. The number of amides is 1. The molecule has 0 bridgehead atoms. The summed E-state index contributed by atoms with van der Waals surface area (Å²) in [4.78, 5) is 22.5. The highest BCUT2D eigenvalue weighted by Gasteiger charge is 2.54. The number of β-amino-alcohol motifs (C(OH)–C–C–N with tert-alkyl or cyclic N) is 1. The second kappa shape index (κ2) is 7.38. The molecule has 3 aliphatic heterocycles. The lowest BCUT2D eigenvalue weighted by Crippen LogP contribution is -2.66. The molecule has 6 nitrogen and oxygen atoms in total. The first kappa shape index (κ1) is 19.0. The van der Waals surface area contributed by atoms with Gasteiger partial charge in [0.25, 0.3) is 0 Å². The van der Waals surface area contributed by atoms with Crippen molar-refractivity contribution in [1.82, 2.24) is 15.2 Å². The van der Waals surface area contributed by atoms with Crippen molar-refractivity contribution in [2.45, 2.75) is 49.3 Å². The molecular weight excluding hydrogens is 384 g/mol. The number of anilines is 1. The van der Waals surface area contributed by atoms with Crippen LogP contribution in [0.5, 0.6) is 0 Å². The second-order valence-electron chi connectivity index (χ2n) is 8.54. The van der Waals surface area contributed by atoms with E-state index in [4.69, 9.17) is 0 Å². The van der Waals surface area contributed by atoms with Gasteiger partial charge in [-0.05, 0) is 50.8 Å². The summed E-state index contributed by atoms with van der Waals surface area (Å²) < 4.78 is 0. The monoisotopic (exact) mass is 412 g/mol. The number of thiazole rings is 1. The van der Waals surface area contributed by atoms with Crippen LogP contribution in [0.15, 0.2) is 41.9 Å². The molecular formula is C22H28N4O2S. The Bertz CT molecular complexity index is 849. The molecule has 4 heterocycles. The molecule has 0 unspecified atom stereocenters. The van der Waals surface area contributed by atoms with Crippen LogP contribution in [0.4, 0.5) is 5.13 Å². The van der Waals surface area contributed by atoms with Crippen molar-refractivity contribution in [2.75, 3.05) is 31.1 Å². The standard InChI is InChI=1S/C22H28N4O2S/c27-18-16-25(20-23-11-15-29-20)14-10-22(18,17-6-2-1-3-7-17)24-19(28)21-8-4-12-26(21)13-5-9-21/h1-3,6-7,11,15,18,27H,4-5,8-10,12-14,16H2,(H,24,28)/t18-,22+/m1/s1. The minimum atomic E-state index is -0.766. The third-order valence-corrected chi connectivity index (χ3v) is 7.95. The van der Waals surface area contributed by atoms with E-state index < -0.39 is 11.6 Å². The smallest absolute Gasteiger partial charge is 0.241 e. The summed E-state index contributed by atoms with van der Waals surface area (Å²) in [6, 6.07) is 10.0. The van der Waals surface area contributed by atoms with Gasteiger partial charge >= 0.3 is 0 Å². The summed E-state index contributed by atoms with van der Waals surface area (Å²) >= 11 is 1.58. The van der Waals surface area contributed by atoms with Gasteiger partial charge in [0, 0.05) is 24.7 Å². The average Bonchev–Trinajstić information content (AvgIpc) is 3.47. The Labute approximate surface area is 175 Å². The summed E-state index contributed by atoms with van der Waals surface area (Å²) in [6.07, 6.45) is 5.73. The first-order chi connectivity index (χ1) is 14.1. The molecule has 7 heteroatoms. The van der Waals surface area contributed by atoms with Crippen molar-refractivity contribution in [2.24, 2.45) is 0 Å². The van der Waals surface area contributed by atoms with Gasteiger partial charge in [0.2, 0.25) is 5.91 Å². The Hall–Kier alpha value is -1.96. The Kier molecular flexibility index (Phi) is 4.84. The Balaban J connectivity index is 1.45. The van der Waals surface area contributed by atoms with E-state index in [9.17, 15) is 9.90 Å². The van der Waals surface area contributed by atoms with Gasteiger partial charge in [-0.25, -0.2) is 4.98 Å². The van der Waals surface area contributed by atoms with E-state index in [2.05, 4.69) is 20.1 Å². The van der Waals surface area contributed by atoms with Crippen molar-refractivity contribution in [1.29, 1.82) is 0 Å². The highest BCUT2D eigenvalue weighted by Crippen LogP contribution is 2.42. The van der Waals surface area contributed by atoms with E-state index >= 15 is 0 Å². The molecule has 0 radical (unpaired) electrons. The summed E-state index contributed by atoms with van der Waals surface area (Å²) in [6.45, 7) is 3.22. The predicted octanol–water partition coefficient (Wildman–Crippen LogP) is 2.35. The van der Waals surface area contributed by atoms with Gasteiger partial charge in [0.1, 0.15) is 5.54 Å². The molecule has 3 saturated heterocycles. The molecule has 1 amide bonds. The fourth-order valence-corrected chi connectivity index (χ4v) is 6.25. The van der Waals surface area contributed by atoms with Gasteiger partial charge < -0.3 is 15.3 Å². The molecule has 5 rings (SSSR count). The zero-order chi connectivity index (χ0) is 19.9. The first-order valence-electron chi connectivity index (χ1n) is 10.6. The van der Waals surface area contributed by atoms with Crippen LogP contribution in [0.25, 0.3) is 0 Å². The number of piperidine rings is 1. The maximum atomic E-state index is 13.7. The van der Waals surface area contributed by atoms with Crippen molar-refractivity contribution in [3.8, 4) is 0 Å². The summed E-state index contributed by atoms with van der Waals surface area (Å²) in [5, 5.41) is 17.7. The summed E-state index contributed by atoms with van der Waals surface area (Å²) in [5.74, 6) is 0.0955. The SMILES string of the molecule is O=C(N[C@]1(c2ccccc2)CCN(c2nccs2)C[C@H]1O)C12CCCN1CCC2. The van der Waals surface area contributed by atoms with Crippen LogP contribution >= 0.6 is 11.3 Å². The number of carbonyl (C=O) groups is 1. The Morgan fingerprint density at radius 3 is 2.55 bits per heavy atom. The van der Waals surface area contributed by atoms with Gasteiger partial charge in [0.15, 0.2) is 5.13 Å². The minimum Gasteiger partial charge on any atom is -0.388 e. The predicted molar refractivity (Wildman–Crippen MR) is 114 cm³/mol. The number of carbonyl (C=O) groups excluding carboxylic acids is 1. The lowest BCUT2D eigenvalue weighted by atomic mass is 9.77. The van der Waals surface area contributed by atoms with Gasteiger partial charge in [-0.1, -0.05) is 30.3 Å². The molecule has 0 aliphatic carbocycles. The van der Waals surface area contributed by atoms with Crippen LogP contribution in [0.3, 0.4) is 0 Å². The maximum absolute atomic E-state index is 13.7. The fraction of sp³-hybridized carbons (Fsp3) is 0.545. The molecule has 3 aliphatic rings. The topological polar surface area (TPSA) is 68.7 Å². The second-order valence-corrected chi connectivity index (χ2v) is 9.42. The van der Waals surface area contributed by atoms with E-state index in [-0.39, 0.29) is 11.4 Å². The van der Waals surface area contributed by atoms with Gasteiger partial charge in [0.05, 0.1) is 11.6 Å². The Morgan fingerprint density at radius 2 is 1.90 bits per heavy atom. The number of hydrogen-bond acceptors (Lipinski definition) is 6. The van der Waals surface area contributed by atoms with E-state index in [0.29, 0.717) is 13.0 Å². The van der Waals surface area contributed by atoms with Crippen LogP contribution in [-0.4, -0.2) is 58.7 Å². The molecule has 2 N–H and O–H groups in total. The van der Waals surface area contributed by atoms with E-state index in [0.717, 1.165) is 56.0 Å². The van der Waals surface area contributed by atoms with Crippen molar-refractivity contribution < 1.29 is 9.90 Å². The molecule has 2 atom stereocenters. The quantitative estimate of drug-likeness (QED) is 0.807. The number of aliphatic hydroxyl groups is 1. The highest BCUT2D eigenvalue weighted by molar-refractivity contribution is 7.13. The number of benzene rings is 1. The molecule has 154 valence electrons. The average molecular weight is 413 g/mol. The molecule has 2 aromatic rings. The lowest BCUT2D eigenvalue weighted by molar-refractivity contribution is -0.135. The highest BCUT2D eigenvalue weighted by atomic mass is 32.1. The first-order valence-corrected chi connectivity index (χ1v) is 11.5. The maximum Gasteiger partial charge on any atom is 0.241 e. The largest absolute Gasteiger partial charge is 0.388 e. The zero-order valence-corrected chi connectivity index (χ0v) is 17.4. The van der Waals surface area contributed by atoms with Gasteiger partial charge in [-0.3, -0.25) is 9.69 Å². The fourth-order valence-electron chi connectivity index (χ4n) is 5.57. The molecule has 1 aromatic heterocycles. The number of rotatable bonds is 4. The van der Waals surface area contributed by atoms with Gasteiger partial charge in [-0.2, -0.15) is 0 Å². The molecule has 0 spiro atoms. The summed E-state index contributed by atoms with van der Waals surface area (Å²) in [7, 11) is 0. The summed E-state index contributed by atoms with van der Waals surface area (Å²) in [5.41, 5.74) is -0.162. The molecule has 29 heavy (non-hydrogen) atoms. The van der Waals surface area contributed by atoms with Crippen molar-refractivity contribution in [3.63, 3.8) is 0 Å². The molecule has 0 saturated carbocycles. The zero-order valence-electron chi connectivity index (χ0n) is 16.6. The number of aliphatic hydroxyl groups excluding tert-OH is 1. The van der Waals surface area contributed by atoms with Crippen LogP contribution in [-0.2, 0) is 10.3 Å². The van der Waals surface area contributed by atoms with E-state index in [1.54, 1.807) is 17.5 Å². The van der Waals surface area contributed by atoms with Crippen LogP contribution in [0.1, 0.15) is 37.7 Å². The normalized spacial score (nSPS) is 29.0. The van der Waals surface area contributed by atoms with Gasteiger partial charge in [-0.15, -0.1) is 11.3 Å². The number of aromatic nitrogens is 1. The number of nitrogens with one attached hydrogen (secondary N) is 1. The minimum absolute atomic E-state index is 0.0955. The number of nitrogens with zero attached hydrogens (tertiary/aromatic N) is 3. The number of hydrogen-bond donors (Lipinski definition) is 2. The van der Waals surface area contributed by atoms with E-state index in [1.807, 2.05) is 35.7 Å². The van der Waals surface area contributed by atoms with Crippen molar-refractivity contribution >= 4 is 22.4 Å². The van der Waals surface area contributed by atoms with Crippen molar-refractivity contribution in [3.05, 3.63) is 47.5 Å². The van der Waals surface area contributed by atoms with Crippen LogP contribution in [0.2, 0.25) is 0 Å². The Morgan fingerprint density at radius 1 is 1.14 bits per heavy atom. The third-order valence-electron chi connectivity index (χ3n) is 7.12.